The number of aliphatic carboxylic acids is 1. The molecule has 4 aliphatic heterocycles. The van der Waals surface area contributed by atoms with Crippen LogP contribution >= 0.6 is 0 Å². The van der Waals surface area contributed by atoms with Gasteiger partial charge in [0.2, 0.25) is 5.91 Å². The van der Waals surface area contributed by atoms with Crippen molar-refractivity contribution in [2.45, 2.75) is 166 Å². The second-order valence-electron chi connectivity index (χ2n) is 18.4. The molecule has 0 spiro atoms. The molecule has 0 radical (unpaired) electrons. The third-order valence-corrected chi connectivity index (χ3v) is 13.2. The number of hydrogen-bond acceptors (Lipinski definition) is 15. The van der Waals surface area contributed by atoms with E-state index in [0.29, 0.717) is 12.8 Å². The van der Waals surface area contributed by atoms with E-state index in [1.165, 1.54) is 13.2 Å². The average molecular weight is 948 g/mol. The van der Waals surface area contributed by atoms with Gasteiger partial charge in [0.15, 0.2) is 18.4 Å². The Labute approximate surface area is 396 Å². The molecular formula is C50H77NO16. The van der Waals surface area contributed by atoms with Gasteiger partial charge >= 0.3 is 5.97 Å². The second kappa shape index (κ2) is 26.5. The molecule has 0 bridgehead atoms. The molecular weight excluding hydrogens is 871 g/mol. The van der Waals surface area contributed by atoms with Crippen LogP contribution in [0.5, 0.6) is 0 Å². The van der Waals surface area contributed by atoms with Crippen LogP contribution in [0.4, 0.5) is 0 Å². The maximum atomic E-state index is 14.2. The molecule has 5 unspecified atom stereocenters. The summed E-state index contributed by atoms with van der Waals surface area (Å²) in [4.78, 5) is 24.8. The quantitative estimate of drug-likeness (QED) is 0.0660. The lowest BCUT2D eigenvalue weighted by Crippen LogP contribution is -2.62. The predicted molar refractivity (Wildman–Crippen MR) is 248 cm³/mol. The van der Waals surface area contributed by atoms with Crippen LogP contribution < -0.4 is 5.32 Å². The van der Waals surface area contributed by atoms with E-state index in [1.807, 2.05) is 59.8 Å². The molecule has 4 saturated heterocycles. The molecule has 17 atom stereocenters. The van der Waals surface area contributed by atoms with Crippen molar-refractivity contribution in [3.05, 3.63) is 84.6 Å². The minimum absolute atomic E-state index is 0.0814. The third-order valence-electron chi connectivity index (χ3n) is 13.2. The van der Waals surface area contributed by atoms with Gasteiger partial charge < -0.3 is 73.5 Å². The Hall–Kier alpha value is -3.40. The summed E-state index contributed by atoms with van der Waals surface area (Å²) in [6.07, 6.45) is 13.7. The molecule has 378 valence electrons. The third kappa shape index (κ3) is 15.5. The smallest absolute Gasteiger partial charge is 0.328 e. The number of aliphatic hydroxyl groups excluding tert-OH is 3. The zero-order valence-corrected chi connectivity index (χ0v) is 40.7. The highest BCUT2D eigenvalue weighted by Crippen LogP contribution is 2.44. The summed E-state index contributed by atoms with van der Waals surface area (Å²) < 4.78 is 54.5. The van der Waals surface area contributed by atoms with Gasteiger partial charge in [0, 0.05) is 71.0 Å². The van der Waals surface area contributed by atoms with Crippen LogP contribution in [0.25, 0.3) is 0 Å². The van der Waals surface area contributed by atoms with E-state index in [-0.39, 0.29) is 44.1 Å². The second-order valence-corrected chi connectivity index (χ2v) is 18.4. The standard InChI is InChI=1S/C50H77NO16/c1-11-12-15-22-41-49(6,7)40(53)28-50(58,67-41)34(29-62-43-27-39(60-9)47(33(5)64-43)66-44-26-38(59-8)45(56)32(4)63-44)48(57)51-24-19-18-20-30(2)46(61-10)31(3)37-25-35(52)36(65-37)21-16-13-14-17-23-42(54)55/h11-23,31-41,43-47,52-53,56,58H,24-29H2,1-10H3,(H,51,57)(H,54,55)/b12-11-,14-13+,19-18+,21-16+,22-15+,23-17+,30-20+/t31?,32-,33-,34+,35?,36?,37?,38+,39-,40+,41+,43+,44+,45-,46?,47+,50+/m1/s1. The van der Waals surface area contributed by atoms with Crippen molar-refractivity contribution in [3.63, 3.8) is 0 Å². The molecule has 1 amide bonds. The highest BCUT2D eigenvalue weighted by Gasteiger charge is 2.55. The van der Waals surface area contributed by atoms with Crippen LogP contribution in [0.2, 0.25) is 0 Å². The molecule has 0 saturated carbocycles. The number of carbonyl (C=O) groups excluding carboxylic acids is 1. The summed E-state index contributed by atoms with van der Waals surface area (Å²) >= 11 is 0. The minimum Gasteiger partial charge on any atom is -0.478 e. The lowest BCUT2D eigenvalue weighted by atomic mass is 9.73. The zero-order chi connectivity index (χ0) is 49.5. The van der Waals surface area contributed by atoms with E-state index in [9.17, 15) is 30.0 Å². The van der Waals surface area contributed by atoms with Crippen molar-refractivity contribution in [2.24, 2.45) is 17.3 Å². The van der Waals surface area contributed by atoms with Gasteiger partial charge in [-0.25, -0.2) is 4.79 Å². The lowest BCUT2D eigenvalue weighted by Gasteiger charge is -2.50. The largest absolute Gasteiger partial charge is 0.478 e. The maximum absolute atomic E-state index is 14.2. The molecule has 0 aliphatic carbocycles. The van der Waals surface area contributed by atoms with Crippen LogP contribution in [0.3, 0.4) is 0 Å². The normalized spacial score (nSPS) is 36.8. The van der Waals surface area contributed by atoms with Gasteiger partial charge in [0.05, 0.1) is 61.5 Å². The van der Waals surface area contributed by atoms with Crippen molar-refractivity contribution in [1.29, 1.82) is 0 Å². The monoisotopic (exact) mass is 948 g/mol. The number of hydrogen-bond donors (Lipinski definition) is 6. The Balaban J connectivity index is 1.44. The molecule has 0 aromatic carbocycles. The van der Waals surface area contributed by atoms with Crippen molar-refractivity contribution in [2.75, 3.05) is 34.5 Å². The maximum Gasteiger partial charge on any atom is 0.328 e. The van der Waals surface area contributed by atoms with E-state index in [4.69, 9.17) is 47.7 Å². The number of amides is 1. The van der Waals surface area contributed by atoms with Crippen LogP contribution in [-0.4, -0.2) is 164 Å². The van der Waals surface area contributed by atoms with Gasteiger partial charge in [-0.05, 0) is 33.3 Å². The number of allylic oxidation sites excluding steroid dienone is 9. The molecule has 6 N–H and O–H groups in total. The van der Waals surface area contributed by atoms with Crippen LogP contribution in [0.1, 0.15) is 74.1 Å². The number of aliphatic hydroxyl groups is 4. The molecule has 4 fully saturated rings. The minimum atomic E-state index is -2.14. The highest BCUT2D eigenvalue weighted by molar-refractivity contribution is 5.80. The first kappa shape index (κ1) is 56.2. The van der Waals surface area contributed by atoms with Crippen LogP contribution in [0, 0.1) is 17.3 Å². The van der Waals surface area contributed by atoms with Crippen LogP contribution in [0.15, 0.2) is 84.6 Å². The van der Waals surface area contributed by atoms with Crippen molar-refractivity contribution < 1.29 is 77.8 Å². The summed E-state index contributed by atoms with van der Waals surface area (Å²) in [5.41, 5.74) is 0.0829. The Kier molecular flexibility index (Phi) is 22.3. The molecule has 4 heterocycles. The molecule has 4 rings (SSSR count). The van der Waals surface area contributed by atoms with E-state index >= 15 is 0 Å². The SMILES string of the molecule is C/C=C\C=C\[C@@H]1O[C@](O)([C@@H](CO[C@@H]2C[C@@H](OC)[C@@H](O[C@H]3C[C@H](OC)[C@H](O)[C@@H](C)O3)[C@@H](C)O2)C(=O)NC/C=C/C=C(\C)C(OC)C(C)C2CC(O)C(/C=C/C=C/C=C/C(=O)O)O2)C[C@H](O)C1(C)C. The van der Waals surface area contributed by atoms with Gasteiger partial charge in [0.25, 0.3) is 0 Å². The fraction of sp³-hybridized carbons (Fsp3) is 0.680. The topological polar surface area (TPSA) is 230 Å². The van der Waals surface area contributed by atoms with E-state index in [2.05, 4.69) is 5.32 Å². The average Bonchev–Trinajstić information content (AvgIpc) is 3.65. The number of carboxylic acid groups (broad SMARTS) is 1. The highest BCUT2D eigenvalue weighted by atomic mass is 16.7. The van der Waals surface area contributed by atoms with E-state index < -0.39 is 103 Å². The van der Waals surface area contributed by atoms with Crippen molar-refractivity contribution in [1.82, 2.24) is 5.32 Å². The summed E-state index contributed by atoms with van der Waals surface area (Å²) in [5.74, 6) is -5.20. The number of nitrogens with one attached hydrogen (secondary N) is 1. The first-order valence-corrected chi connectivity index (χ1v) is 23.2. The summed E-state index contributed by atoms with van der Waals surface area (Å²) in [6.45, 7) is 12.8. The van der Waals surface area contributed by atoms with E-state index in [1.54, 1.807) is 69.8 Å². The Morgan fingerprint density at radius 3 is 2.21 bits per heavy atom. The van der Waals surface area contributed by atoms with Gasteiger partial charge in [0.1, 0.15) is 24.2 Å². The first-order chi connectivity index (χ1) is 31.8. The Morgan fingerprint density at radius 1 is 0.866 bits per heavy atom. The summed E-state index contributed by atoms with van der Waals surface area (Å²) in [7, 11) is 4.69. The molecule has 17 nitrogen and oxygen atoms in total. The Bertz CT molecular complexity index is 1780. The molecule has 0 aromatic rings. The summed E-state index contributed by atoms with van der Waals surface area (Å²) in [6, 6.07) is 0. The van der Waals surface area contributed by atoms with Gasteiger partial charge in [-0.15, -0.1) is 0 Å². The molecule has 0 aromatic heterocycles. The van der Waals surface area contributed by atoms with Gasteiger partial charge in [-0.2, -0.15) is 0 Å². The Morgan fingerprint density at radius 2 is 1.54 bits per heavy atom. The molecule has 4 aliphatic rings. The predicted octanol–water partition coefficient (Wildman–Crippen LogP) is 4.20. The number of rotatable bonds is 22. The number of ether oxygens (including phenoxy) is 9. The first-order valence-electron chi connectivity index (χ1n) is 23.2. The zero-order valence-electron chi connectivity index (χ0n) is 40.7. The lowest BCUT2D eigenvalue weighted by molar-refractivity contribution is -0.332. The van der Waals surface area contributed by atoms with Gasteiger partial charge in [-0.3, -0.25) is 4.79 Å². The van der Waals surface area contributed by atoms with Crippen molar-refractivity contribution in [3.8, 4) is 0 Å². The number of carbonyl (C=O) groups is 2. The molecule has 17 heteroatoms. The number of methoxy groups -OCH3 is 3. The van der Waals surface area contributed by atoms with Gasteiger partial charge in [-0.1, -0.05) is 93.7 Å². The van der Waals surface area contributed by atoms with E-state index in [0.717, 1.165) is 11.6 Å². The fourth-order valence-electron chi connectivity index (χ4n) is 8.94. The van der Waals surface area contributed by atoms with Crippen molar-refractivity contribution >= 4 is 11.9 Å². The van der Waals surface area contributed by atoms with Crippen LogP contribution in [-0.2, 0) is 52.2 Å². The number of carboxylic acids is 1. The molecule has 67 heavy (non-hydrogen) atoms. The fourth-order valence-corrected chi connectivity index (χ4v) is 8.94. The summed E-state index contributed by atoms with van der Waals surface area (Å²) in [5, 5.41) is 56.4.